The fraction of sp³-hybridized carbons (Fsp3) is 0.364. The van der Waals surface area contributed by atoms with Gasteiger partial charge in [-0.3, -0.25) is 9.48 Å². The molecule has 1 amide bonds. The molecule has 0 unspecified atom stereocenters. The molecular weight excluding hydrogens is 350 g/mol. The van der Waals surface area contributed by atoms with Gasteiger partial charge in [0.05, 0.1) is 6.20 Å². The van der Waals surface area contributed by atoms with Crippen molar-refractivity contribution in [2.75, 3.05) is 18.0 Å². The number of rotatable bonds is 5. The van der Waals surface area contributed by atoms with Gasteiger partial charge < -0.3 is 14.8 Å². The Labute approximate surface area is 165 Å². The largest absolute Gasteiger partial charge is 0.367 e. The fourth-order valence-corrected chi connectivity index (χ4v) is 4.21. The quantitative estimate of drug-likeness (QED) is 0.744. The van der Waals surface area contributed by atoms with Gasteiger partial charge in [0, 0.05) is 43.3 Å². The third-order valence-electron chi connectivity index (χ3n) is 5.62. The minimum atomic E-state index is -0.0873. The van der Waals surface area contributed by atoms with Crippen LogP contribution >= 0.6 is 0 Å². The lowest BCUT2D eigenvalue weighted by Crippen LogP contribution is -2.38. The van der Waals surface area contributed by atoms with Gasteiger partial charge in [-0.05, 0) is 51.0 Å². The van der Waals surface area contributed by atoms with Crippen molar-refractivity contribution in [2.45, 2.75) is 33.2 Å². The average Bonchev–Trinajstić information content (AvgIpc) is 3.31. The minimum absolute atomic E-state index is 0.0873. The van der Waals surface area contributed by atoms with Crippen LogP contribution in [0.5, 0.6) is 0 Å². The topological polar surface area (TPSA) is 55.1 Å². The zero-order valence-electron chi connectivity index (χ0n) is 16.9. The number of amides is 1. The lowest BCUT2D eigenvalue weighted by atomic mass is 10.1. The van der Waals surface area contributed by atoms with Crippen molar-refractivity contribution in [3.8, 4) is 5.82 Å². The summed E-state index contributed by atoms with van der Waals surface area (Å²) < 4.78 is 3.83. The summed E-state index contributed by atoms with van der Waals surface area (Å²) in [4.78, 5) is 15.3. The van der Waals surface area contributed by atoms with E-state index in [2.05, 4.69) is 63.2 Å². The van der Waals surface area contributed by atoms with Gasteiger partial charge in [-0.25, -0.2) is 0 Å². The van der Waals surface area contributed by atoms with Gasteiger partial charge in [0.2, 0.25) is 0 Å². The molecule has 6 nitrogen and oxygen atoms in total. The first kappa shape index (κ1) is 18.3. The Hall–Kier alpha value is -3.02. The maximum Gasteiger partial charge on any atom is 0.256 e. The highest BCUT2D eigenvalue weighted by atomic mass is 16.1. The SMILES string of the molecule is Cc1ccc(C)n1-c1c(C(=O)NCCN2c3ccccc3C[C@@H]2C)cnn1C. The van der Waals surface area contributed by atoms with E-state index >= 15 is 0 Å². The first-order valence-corrected chi connectivity index (χ1v) is 9.77. The second kappa shape index (κ2) is 7.19. The van der Waals surface area contributed by atoms with Crippen LogP contribution in [0.4, 0.5) is 5.69 Å². The Morgan fingerprint density at radius 2 is 1.89 bits per heavy atom. The van der Waals surface area contributed by atoms with Gasteiger partial charge in [-0.2, -0.15) is 5.10 Å². The van der Waals surface area contributed by atoms with Crippen LogP contribution in [0.15, 0.2) is 42.6 Å². The van der Waals surface area contributed by atoms with Crippen molar-refractivity contribution < 1.29 is 4.79 Å². The predicted molar refractivity (Wildman–Crippen MR) is 111 cm³/mol. The number of hydrogen-bond donors (Lipinski definition) is 1. The van der Waals surface area contributed by atoms with Crippen LogP contribution in [0.3, 0.4) is 0 Å². The molecule has 28 heavy (non-hydrogen) atoms. The lowest BCUT2D eigenvalue weighted by molar-refractivity contribution is 0.0954. The summed E-state index contributed by atoms with van der Waals surface area (Å²) in [6, 6.07) is 13.1. The normalized spacial score (nSPS) is 15.7. The molecule has 0 bridgehead atoms. The number of para-hydroxylation sites is 1. The molecule has 6 heteroatoms. The molecule has 0 fully saturated rings. The van der Waals surface area contributed by atoms with E-state index in [0.29, 0.717) is 18.2 Å². The van der Waals surface area contributed by atoms with Crippen LogP contribution in [-0.2, 0) is 13.5 Å². The van der Waals surface area contributed by atoms with Crippen molar-refractivity contribution >= 4 is 11.6 Å². The van der Waals surface area contributed by atoms with Crippen molar-refractivity contribution in [1.82, 2.24) is 19.7 Å². The highest BCUT2D eigenvalue weighted by Crippen LogP contribution is 2.31. The number of carbonyl (C=O) groups excluding carboxylic acids is 1. The first-order valence-electron chi connectivity index (χ1n) is 9.77. The Morgan fingerprint density at radius 3 is 2.64 bits per heavy atom. The van der Waals surface area contributed by atoms with Crippen molar-refractivity contribution in [1.29, 1.82) is 0 Å². The van der Waals surface area contributed by atoms with E-state index in [-0.39, 0.29) is 5.91 Å². The minimum Gasteiger partial charge on any atom is -0.367 e. The third kappa shape index (κ3) is 3.09. The molecule has 0 aliphatic carbocycles. The smallest absolute Gasteiger partial charge is 0.256 e. The van der Waals surface area contributed by atoms with E-state index in [1.807, 2.05) is 20.9 Å². The van der Waals surface area contributed by atoms with E-state index in [1.54, 1.807) is 10.9 Å². The van der Waals surface area contributed by atoms with Gasteiger partial charge in [-0.15, -0.1) is 0 Å². The standard InChI is InChI=1S/C22H27N5O/c1-15-9-10-16(2)27(15)22-19(14-24-25(22)4)21(28)23-11-12-26-17(3)13-18-7-5-6-8-20(18)26/h5-10,14,17H,11-13H2,1-4H3,(H,23,28)/t17-/m0/s1. The summed E-state index contributed by atoms with van der Waals surface area (Å²) in [7, 11) is 1.87. The van der Waals surface area contributed by atoms with Crippen LogP contribution in [-0.4, -0.2) is 39.4 Å². The zero-order chi connectivity index (χ0) is 19.8. The number of carbonyl (C=O) groups is 1. The van der Waals surface area contributed by atoms with Gasteiger partial charge in [-0.1, -0.05) is 18.2 Å². The van der Waals surface area contributed by atoms with Gasteiger partial charge in [0.1, 0.15) is 11.4 Å². The molecular formula is C22H27N5O. The van der Waals surface area contributed by atoms with Gasteiger partial charge >= 0.3 is 0 Å². The molecule has 4 rings (SSSR count). The first-order chi connectivity index (χ1) is 13.5. The van der Waals surface area contributed by atoms with Crippen molar-refractivity contribution in [2.24, 2.45) is 7.05 Å². The fourth-order valence-electron chi connectivity index (χ4n) is 4.21. The molecule has 1 aliphatic heterocycles. The molecule has 146 valence electrons. The Kier molecular flexibility index (Phi) is 4.71. The maximum absolute atomic E-state index is 12.9. The van der Waals surface area contributed by atoms with Crippen LogP contribution in [0.25, 0.3) is 5.82 Å². The number of hydrogen-bond acceptors (Lipinski definition) is 3. The summed E-state index contributed by atoms with van der Waals surface area (Å²) in [5, 5.41) is 7.41. The van der Waals surface area contributed by atoms with Gasteiger partial charge in [0.15, 0.2) is 0 Å². The van der Waals surface area contributed by atoms with Crippen LogP contribution in [0.2, 0.25) is 0 Å². The molecule has 0 spiro atoms. The summed E-state index contributed by atoms with van der Waals surface area (Å²) in [5.41, 5.74) is 5.43. The van der Waals surface area contributed by atoms with E-state index in [0.717, 1.165) is 30.2 Å². The predicted octanol–water partition coefficient (Wildman–Crippen LogP) is 3.01. The number of fused-ring (bicyclic) bond motifs is 1. The lowest BCUT2D eigenvalue weighted by Gasteiger charge is -2.25. The number of aryl methyl sites for hydroxylation is 3. The summed E-state index contributed by atoms with van der Waals surface area (Å²) in [6.45, 7) is 7.69. The van der Waals surface area contributed by atoms with Crippen molar-refractivity contribution in [3.63, 3.8) is 0 Å². The zero-order valence-corrected chi connectivity index (χ0v) is 16.9. The molecule has 1 N–H and O–H groups in total. The van der Waals surface area contributed by atoms with Crippen LogP contribution in [0, 0.1) is 13.8 Å². The summed E-state index contributed by atoms with van der Waals surface area (Å²) >= 11 is 0. The second-order valence-electron chi connectivity index (χ2n) is 7.59. The molecule has 3 aromatic rings. The number of aromatic nitrogens is 3. The van der Waals surface area contributed by atoms with E-state index < -0.39 is 0 Å². The molecule has 0 radical (unpaired) electrons. The molecule has 1 aliphatic rings. The van der Waals surface area contributed by atoms with Crippen LogP contribution in [0.1, 0.15) is 34.2 Å². The molecule has 1 atom stereocenters. The Balaban J connectivity index is 1.47. The monoisotopic (exact) mass is 377 g/mol. The summed E-state index contributed by atoms with van der Waals surface area (Å²) in [5.74, 6) is 0.716. The Bertz CT molecular complexity index is 996. The third-order valence-corrected chi connectivity index (χ3v) is 5.62. The maximum atomic E-state index is 12.9. The Morgan fingerprint density at radius 1 is 1.18 bits per heavy atom. The summed E-state index contributed by atoms with van der Waals surface area (Å²) in [6.07, 6.45) is 2.71. The molecule has 1 aromatic carbocycles. The van der Waals surface area contributed by atoms with Crippen LogP contribution < -0.4 is 10.2 Å². The number of nitrogens with one attached hydrogen (secondary N) is 1. The number of benzene rings is 1. The van der Waals surface area contributed by atoms with E-state index in [9.17, 15) is 4.79 Å². The van der Waals surface area contributed by atoms with E-state index in [1.165, 1.54) is 11.3 Å². The highest BCUT2D eigenvalue weighted by Gasteiger charge is 2.25. The second-order valence-corrected chi connectivity index (χ2v) is 7.59. The van der Waals surface area contributed by atoms with Gasteiger partial charge in [0.25, 0.3) is 5.91 Å². The average molecular weight is 377 g/mol. The van der Waals surface area contributed by atoms with E-state index in [4.69, 9.17) is 0 Å². The number of anilines is 1. The highest BCUT2D eigenvalue weighted by molar-refractivity contribution is 5.97. The van der Waals surface area contributed by atoms with Crippen molar-refractivity contribution in [3.05, 3.63) is 65.1 Å². The molecule has 3 heterocycles. The molecule has 0 saturated heterocycles. The molecule has 0 saturated carbocycles. The number of nitrogens with zero attached hydrogens (tertiary/aromatic N) is 4. The molecule has 2 aromatic heterocycles.